The average molecular weight is 286 g/mol. The fourth-order valence-corrected chi connectivity index (χ4v) is 2.69. The Balaban J connectivity index is 2.02. The van der Waals surface area contributed by atoms with E-state index in [0.29, 0.717) is 4.47 Å². The summed E-state index contributed by atoms with van der Waals surface area (Å²) in [4.78, 5) is 2.41. The van der Waals surface area contributed by atoms with Crippen LogP contribution < -0.4 is 0 Å². The Hall–Kier alpha value is -0.410. The van der Waals surface area contributed by atoms with Crippen molar-refractivity contribution in [3.8, 4) is 0 Å². The summed E-state index contributed by atoms with van der Waals surface area (Å²) in [5.74, 6) is 0.663. The van der Waals surface area contributed by atoms with Crippen LogP contribution in [0.15, 0.2) is 22.7 Å². The van der Waals surface area contributed by atoms with Gasteiger partial charge in [0.15, 0.2) is 0 Å². The summed E-state index contributed by atoms with van der Waals surface area (Å²) >= 11 is 3.32. The summed E-state index contributed by atoms with van der Waals surface area (Å²) in [7, 11) is 0. The maximum Gasteiger partial charge on any atom is 0.137 e. The van der Waals surface area contributed by atoms with Crippen LogP contribution in [0.1, 0.15) is 25.3 Å². The molecular formula is C13H17BrFN. The van der Waals surface area contributed by atoms with Gasteiger partial charge in [-0.1, -0.05) is 25.5 Å². The molecule has 0 saturated carbocycles. The zero-order valence-corrected chi connectivity index (χ0v) is 11.1. The molecule has 1 aliphatic heterocycles. The van der Waals surface area contributed by atoms with Gasteiger partial charge in [0.2, 0.25) is 0 Å². The smallest absolute Gasteiger partial charge is 0.137 e. The third-order valence-corrected chi connectivity index (χ3v) is 4.26. The summed E-state index contributed by atoms with van der Waals surface area (Å²) in [5, 5.41) is 0. The zero-order valence-electron chi connectivity index (χ0n) is 9.55. The molecule has 1 nitrogen and oxygen atoms in total. The van der Waals surface area contributed by atoms with E-state index in [1.165, 1.54) is 18.9 Å². The van der Waals surface area contributed by atoms with Crippen molar-refractivity contribution >= 4 is 15.9 Å². The first-order valence-corrected chi connectivity index (χ1v) is 6.65. The van der Waals surface area contributed by atoms with Crippen molar-refractivity contribution in [3.05, 3.63) is 34.1 Å². The second-order valence-electron chi connectivity index (χ2n) is 4.51. The quantitative estimate of drug-likeness (QED) is 0.816. The molecule has 0 spiro atoms. The lowest BCUT2D eigenvalue weighted by molar-refractivity contribution is 0.314. The van der Waals surface area contributed by atoms with Crippen molar-refractivity contribution in [1.82, 2.24) is 4.90 Å². The first kappa shape index (κ1) is 12.1. The predicted molar refractivity (Wildman–Crippen MR) is 67.8 cm³/mol. The molecule has 0 bridgehead atoms. The maximum atomic E-state index is 13.3. The normalized spacial score (nSPS) is 21.6. The fraction of sp³-hybridized carbons (Fsp3) is 0.538. The molecule has 0 amide bonds. The third-order valence-electron chi connectivity index (χ3n) is 3.37. The highest BCUT2D eigenvalue weighted by atomic mass is 79.9. The van der Waals surface area contributed by atoms with Gasteiger partial charge in [0.05, 0.1) is 4.47 Å². The van der Waals surface area contributed by atoms with Crippen molar-refractivity contribution in [2.75, 3.05) is 13.1 Å². The van der Waals surface area contributed by atoms with Crippen molar-refractivity contribution in [2.24, 2.45) is 5.92 Å². The topological polar surface area (TPSA) is 3.24 Å². The van der Waals surface area contributed by atoms with Gasteiger partial charge in [-0.3, -0.25) is 4.90 Å². The molecule has 1 aliphatic rings. The van der Waals surface area contributed by atoms with Gasteiger partial charge < -0.3 is 0 Å². The molecule has 1 fully saturated rings. The molecule has 1 saturated heterocycles. The van der Waals surface area contributed by atoms with Gasteiger partial charge in [-0.2, -0.15) is 0 Å². The monoisotopic (exact) mass is 285 g/mol. The Bertz CT molecular complexity index is 367. The van der Waals surface area contributed by atoms with Crippen LogP contribution in [-0.4, -0.2) is 18.0 Å². The largest absolute Gasteiger partial charge is 0.299 e. The summed E-state index contributed by atoms with van der Waals surface area (Å²) in [6, 6.07) is 5.27. The van der Waals surface area contributed by atoms with E-state index in [0.717, 1.165) is 31.1 Å². The van der Waals surface area contributed by atoms with Crippen molar-refractivity contribution in [3.63, 3.8) is 0 Å². The fourth-order valence-electron chi connectivity index (χ4n) is 2.30. The molecule has 88 valence electrons. The average Bonchev–Trinajstić information content (AvgIpc) is 2.73. The van der Waals surface area contributed by atoms with E-state index in [4.69, 9.17) is 0 Å². The molecule has 0 aliphatic carbocycles. The van der Waals surface area contributed by atoms with Gasteiger partial charge in [-0.05, 0) is 46.4 Å². The molecule has 16 heavy (non-hydrogen) atoms. The molecule has 1 aromatic rings. The zero-order chi connectivity index (χ0) is 11.5. The van der Waals surface area contributed by atoms with Crippen LogP contribution in [0.4, 0.5) is 4.39 Å². The van der Waals surface area contributed by atoms with Gasteiger partial charge >= 0.3 is 0 Å². The number of hydrogen-bond donors (Lipinski definition) is 0. The SMILES string of the molecule is CCC1CCN(Cc2cccc(F)c2Br)C1. The predicted octanol–water partition coefficient (Wildman–Crippen LogP) is 3.82. The first-order valence-electron chi connectivity index (χ1n) is 5.86. The van der Waals surface area contributed by atoms with Crippen LogP contribution in [0.2, 0.25) is 0 Å². The van der Waals surface area contributed by atoms with Gasteiger partial charge in [-0.25, -0.2) is 4.39 Å². The number of nitrogens with zero attached hydrogens (tertiary/aromatic N) is 1. The van der Waals surface area contributed by atoms with Crippen LogP contribution in [0.25, 0.3) is 0 Å². The molecule has 2 rings (SSSR count). The molecular weight excluding hydrogens is 269 g/mol. The van der Waals surface area contributed by atoms with Crippen LogP contribution in [0.5, 0.6) is 0 Å². The highest BCUT2D eigenvalue weighted by Crippen LogP contribution is 2.25. The van der Waals surface area contributed by atoms with E-state index >= 15 is 0 Å². The van der Waals surface area contributed by atoms with Crippen LogP contribution in [0.3, 0.4) is 0 Å². The van der Waals surface area contributed by atoms with E-state index in [1.807, 2.05) is 6.07 Å². The molecule has 1 heterocycles. The van der Waals surface area contributed by atoms with Crippen molar-refractivity contribution < 1.29 is 4.39 Å². The number of benzene rings is 1. The van der Waals surface area contributed by atoms with E-state index < -0.39 is 0 Å². The molecule has 3 heteroatoms. The van der Waals surface area contributed by atoms with Crippen molar-refractivity contribution in [2.45, 2.75) is 26.3 Å². The van der Waals surface area contributed by atoms with Gasteiger partial charge in [0.25, 0.3) is 0 Å². The van der Waals surface area contributed by atoms with Crippen LogP contribution >= 0.6 is 15.9 Å². The molecule has 0 aromatic heterocycles. The lowest BCUT2D eigenvalue weighted by atomic mass is 10.1. The Morgan fingerprint density at radius 3 is 3.00 bits per heavy atom. The second kappa shape index (κ2) is 5.28. The summed E-state index contributed by atoms with van der Waals surface area (Å²) in [6.07, 6.45) is 2.53. The van der Waals surface area contributed by atoms with Crippen LogP contribution in [0, 0.1) is 11.7 Å². The van der Waals surface area contributed by atoms with Gasteiger partial charge in [-0.15, -0.1) is 0 Å². The third kappa shape index (κ3) is 2.64. The van der Waals surface area contributed by atoms with E-state index in [9.17, 15) is 4.39 Å². The number of hydrogen-bond acceptors (Lipinski definition) is 1. The highest BCUT2D eigenvalue weighted by molar-refractivity contribution is 9.10. The van der Waals surface area contributed by atoms with Crippen molar-refractivity contribution in [1.29, 1.82) is 0 Å². The summed E-state index contributed by atoms with van der Waals surface area (Å²) in [6.45, 7) is 5.39. The lowest BCUT2D eigenvalue weighted by Gasteiger charge is -2.16. The lowest BCUT2D eigenvalue weighted by Crippen LogP contribution is -2.20. The van der Waals surface area contributed by atoms with Gasteiger partial charge in [0, 0.05) is 13.1 Å². The maximum absolute atomic E-state index is 13.3. The number of rotatable bonds is 3. The van der Waals surface area contributed by atoms with E-state index in [-0.39, 0.29) is 5.82 Å². The molecule has 1 aromatic carbocycles. The molecule has 0 N–H and O–H groups in total. The first-order chi connectivity index (χ1) is 7.70. The van der Waals surface area contributed by atoms with Crippen LogP contribution in [-0.2, 0) is 6.54 Å². The molecule has 1 atom stereocenters. The Kier molecular flexibility index (Phi) is 3.98. The van der Waals surface area contributed by atoms with Gasteiger partial charge in [0.1, 0.15) is 5.82 Å². The standard InChI is InChI=1S/C13H17BrFN/c1-2-10-6-7-16(8-10)9-11-4-3-5-12(15)13(11)14/h3-5,10H,2,6-9H2,1H3. The summed E-state index contributed by atoms with van der Waals surface area (Å²) < 4.78 is 14.0. The highest BCUT2D eigenvalue weighted by Gasteiger charge is 2.21. The Labute approximate surface area is 105 Å². The van der Waals surface area contributed by atoms with E-state index in [1.54, 1.807) is 6.07 Å². The Morgan fingerprint density at radius 2 is 2.31 bits per heavy atom. The minimum Gasteiger partial charge on any atom is -0.299 e. The second-order valence-corrected chi connectivity index (χ2v) is 5.30. The Morgan fingerprint density at radius 1 is 1.50 bits per heavy atom. The van der Waals surface area contributed by atoms with E-state index in [2.05, 4.69) is 27.8 Å². The number of halogens is 2. The summed E-state index contributed by atoms with van der Waals surface area (Å²) in [5.41, 5.74) is 1.05. The minimum absolute atomic E-state index is 0.163. The minimum atomic E-state index is -0.163. The molecule has 0 radical (unpaired) electrons. The molecule has 1 unspecified atom stereocenters. The number of likely N-dealkylation sites (tertiary alicyclic amines) is 1.